The van der Waals surface area contributed by atoms with Crippen molar-refractivity contribution in [1.82, 2.24) is 5.32 Å². The van der Waals surface area contributed by atoms with Crippen LogP contribution in [0.1, 0.15) is 36.7 Å². The molecule has 2 amide bonds. The van der Waals surface area contributed by atoms with E-state index in [9.17, 15) is 9.59 Å². The highest BCUT2D eigenvalue weighted by Crippen LogP contribution is 2.17. The highest BCUT2D eigenvalue weighted by Gasteiger charge is 2.18. The highest BCUT2D eigenvalue weighted by atomic mass is 16.5. The van der Waals surface area contributed by atoms with Gasteiger partial charge in [-0.2, -0.15) is 0 Å². The van der Waals surface area contributed by atoms with Gasteiger partial charge < -0.3 is 20.1 Å². The van der Waals surface area contributed by atoms with Crippen molar-refractivity contribution in [1.29, 1.82) is 0 Å². The number of para-hydroxylation sites is 1. The van der Waals surface area contributed by atoms with E-state index < -0.39 is 6.10 Å². The zero-order valence-corrected chi connectivity index (χ0v) is 16.1. The maximum Gasteiger partial charge on any atom is 0.253 e. The molecule has 0 heterocycles. The van der Waals surface area contributed by atoms with E-state index in [-0.39, 0.29) is 24.5 Å². The zero-order chi connectivity index (χ0) is 19.8. The number of rotatable bonds is 8. The minimum absolute atomic E-state index is 0.00591. The molecule has 2 aromatic rings. The molecule has 2 N–H and O–H groups in total. The molecule has 144 valence electrons. The summed E-state index contributed by atoms with van der Waals surface area (Å²) in [4.78, 5) is 24.8. The van der Waals surface area contributed by atoms with Crippen LogP contribution >= 0.6 is 0 Å². The smallest absolute Gasteiger partial charge is 0.253 e. The van der Waals surface area contributed by atoms with E-state index >= 15 is 0 Å². The fourth-order valence-corrected chi connectivity index (χ4v) is 2.42. The summed E-state index contributed by atoms with van der Waals surface area (Å²) in [6.45, 7) is 5.72. The third kappa shape index (κ3) is 6.11. The summed E-state index contributed by atoms with van der Waals surface area (Å²) in [5.74, 6) is 0.187. The molecule has 2 aromatic carbocycles. The summed E-state index contributed by atoms with van der Waals surface area (Å²) in [6, 6.07) is 14.4. The van der Waals surface area contributed by atoms with Gasteiger partial charge in [0.1, 0.15) is 11.9 Å². The van der Waals surface area contributed by atoms with Crippen molar-refractivity contribution in [2.45, 2.75) is 39.5 Å². The van der Waals surface area contributed by atoms with Crippen LogP contribution in [0.5, 0.6) is 5.75 Å². The van der Waals surface area contributed by atoms with Crippen LogP contribution in [-0.4, -0.2) is 31.1 Å². The van der Waals surface area contributed by atoms with E-state index in [2.05, 4.69) is 10.6 Å². The van der Waals surface area contributed by atoms with Gasteiger partial charge >= 0.3 is 0 Å². The lowest BCUT2D eigenvalue weighted by atomic mass is 10.1. The first-order valence-corrected chi connectivity index (χ1v) is 8.86. The summed E-state index contributed by atoms with van der Waals surface area (Å²) in [6.07, 6.45) is -0.683. The van der Waals surface area contributed by atoms with Gasteiger partial charge in [-0.1, -0.05) is 24.3 Å². The Morgan fingerprint density at radius 1 is 1.04 bits per heavy atom. The third-order valence-electron chi connectivity index (χ3n) is 3.85. The lowest BCUT2D eigenvalue weighted by Crippen LogP contribution is -2.32. The Morgan fingerprint density at radius 3 is 2.48 bits per heavy atom. The number of amides is 2. The Kier molecular flexibility index (Phi) is 7.37. The first kappa shape index (κ1) is 20.5. The molecule has 6 heteroatoms. The predicted octanol–water partition coefficient (Wildman–Crippen LogP) is 3.38. The van der Waals surface area contributed by atoms with Gasteiger partial charge in [-0.15, -0.1) is 0 Å². The Hall–Kier alpha value is -2.86. The van der Waals surface area contributed by atoms with Crippen molar-refractivity contribution in [3.63, 3.8) is 0 Å². The Bertz CT molecular complexity index is 789. The maximum atomic E-state index is 12.5. The van der Waals surface area contributed by atoms with Crippen molar-refractivity contribution in [3.8, 4) is 5.75 Å². The standard InChI is InChI=1S/C21H26N2O4/c1-14(2)22-21(25)18-10-5-6-11-19(18)23-20(24)15(3)27-13-16-8-7-9-17(12-16)26-4/h5-12,14-15H,13H2,1-4H3,(H,22,25)(H,23,24). The highest BCUT2D eigenvalue weighted by molar-refractivity contribution is 6.04. The van der Waals surface area contributed by atoms with Crippen LogP contribution in [0.4, 0.5) is 5.69 Å². The monoisotopic (exact) mass is 370 g/mol. The molecule has 0 aliphatic carbocycles. The Labute approximate surface area is 159 Å². The lowest BCUT2D eigenvalue weighted by Gasteiger charge is -2.16. The molecule has 0 aromatic heterocycles. The van der Waals surface area contributed by atoms with Crippen LogP contribution < -0.4 is 15.4 Å². The topological polar surface area (TPSA) is 76.7 Å². The number of hydrogen-bond donors (Lipinski definition) is 2. The molecule has 0 aliphatic rings. The average Bonchev–Trinajstić information content (AvgIpc) is 2.66. The molecular weight excluding hydrogens is 344 g/mol. The maximum absolute atomic E-state index is 12.5. The summed E-state index contributed by atoms with van der Waals surface area (Å²) < 4.78 is 10.8. The van der Waals surface area contributed by atoms with Gasteiger partial charge in [0.05, 0.1) is 25.0 Å². The van der Waals surface area contributed by atoms with Crippen LogP contribution in [0, 0.1) is 0 Å². The minimum atomic E-state index is -0.683. The van der Waals surface area contributed by atoms with E-state index in [1.54, 1.807) is 38.3 Å². The summed E-state index contributed by atoms with van der Waals surface area (Å²) in [5, 5.41) is 5.60. The quantitative estimate of drug-likeness (QED) is 0.747. The van der Waals surface area contributed by atoms with Gasteiger partial charge in [0.15, 0.2) is 0 Å². The molecule has 27 heavy (non-hydrogen) atoms. The normalized spacial score (nSPS) is 11.7. The van der Waals surface area contributed by atoms with Gasteiger partial charge in [0.25, 0.3) is 11.8 Å². The van der Waals surface area contributed by atoms with E-state index in [0.29, 0.717) is 11.3 Å². The number of methoxy groups -OCH3 is 1. The molecule has 0 aliphatic heterocycles. The van der Waals surface area contributed by atoms with Crippen LogP contribution in [0.3, 0.4) is 0 Å². The summed E-state index contributed by atoms with van der Waals surface area (Å²) >= 11 is 0. The van der Waals surface area contributed by atoms with Crippen LogP contribution in [0.25, 0.3) is 0 Å². The Morgan fingerprint density at radius 2 is 1.78 bits per heavy atom. The van der Waals surface area contributed by atoms with E-state index in [1.807, 2.05) is 38.1 Å². The molecule has 0 radical (unpaired) electrons. The molecule has 0 saturated carbocycles. The van der Waals surface area contributed by atoms with Crippen molar-refractivity contribution in [2.75, 3.05) is 12.4 Å². The number of hydrogen-bond acceptors (Lipinski definition) is 4. The molecule has 1 atom stereocenters. The van der Waals surface area contributed by atoms with Gasteiger partial charge in [-0.3, -0.25) is 9.59 Å². The fraction of sp³-hybridized carbons (Fsp3) is 0.333. The molecule has 0 spiro atoms. The van der Waals surface area contributed by atoms with Crippen molar-refractivity contribution >= 4 is 17.5 Å². The molecule has 2 rings (SSSR count). The minimum Gasteiger partial charge on any atom is -0.497 e. The number of benzene rings is 2. The van der Waals surface area contributed by atoms with E-state index in [4.69, 9.17) is 9.47 Å². The van der Waals surface area contributed by atoms with Crippen LogP contribution in [0.15, 0.2) is 48.5 Å². The summed E-state index contributed by atoms with van der Waals surface area (Å²) in [7, 11) is 1.60. The van der Waals surface area contributed by atoms with Crippen molar-refractivity contribution in [2.24, 2.45) is 0 Å². The fourth-order valence-electron chi connectivity index (χ4n) is 2.42. The largest absolute Gasteiger partial charge is 0.497 e. The number of carbonyl (C=O) groups excluding carboxylic acids is 2. The third-order valence-corrected chi connectivity index (χ3v) is 3.85. The lowest BCUT2D eigenvalue weighted by molar-refractivity contribution is -0.127. The second-order valence-electron chi connectivity index (χ2n) is 6.47. The first-order valence-electron chi connectivity index (χ1n) is 8.86. The number of nitrogens with one attached hydrogen (secondary N) is 2. The van der Waals surface area contributed by atoms with Crippen LogP contribution in [-0.2, 0) is 16.1 Å². The molecule has 0 fully saturated rings. The van der Waals surface area contributed by atoms with E-state index in [1.165, 1.54) is 0 Å². The van der Waals surface area contributed by atoms with Gasteiger partial charge in [-0.25, -0.2) is 0 Å². The number of carbonyl (C=O) groups is 2. The predicted molar refractivity (Wildman–Crippen MR) is 105 cm³/mol. The van der Waals surface area contributed by atoms with Gasteiger partial charge in [-0.05, 0) is 50.6 Å². The SMILES string of the molecule is COc1cccc(COC(C)C(=O)Nc2ccccc2C(=O)NC(C)C)c1. The van der Waals surface area contributed by atoms with Crippen LogP contribution in [0.2, 0.25) is 0 Å². The molecule has 0 bridgehead atoms. The van der Waals surface area contributed by atoms with Crippen molar-refractivity contribution < 1.29 is 19.1 Å². The first-order chi connectivity index (χ1) is 12.9. The average molecular weight is 370 g/mol. The van der Waals surface area contributed by atoms with E-state index in [0.717, 1.165) is 11.3 Å². The van der Waals surface area contributed by atoms with Gasteiger partial charge in [0, 0.05) is 6.04 Å². The molecule has 6 nitrogen and oxygen atoms in total. The Balaban J connectivity index is 1.99. The van der Waals surface area contributed by atoms with Gasteiger partial charge in [0.2, 0.25) is 0 Å². The van der Waals surface area contributed by atoms with Crippen molar-refractivity contribution in [3.05, 3.63) is 59.7 Å². The number of ether oxygens (including phenoxy) is 2. The summed E-state index contributed by atoms with van der Waals surface area (Å²) in [5.41, 5.74) is 1.78. The second-order valence-corrected chi connectivity index (χ2v) is 6.47. The molecular formula is C21H26N2O4. The number of anilines is 1. The molecule has 1 unspecified atom stereocenters. The molecule has 0 saturated heterocycles. The zero-order valence-electron chi connectivity index (χ0n) is 16.1. The second kappa shape index (κ2) is 9.73.